The van der Waals surface area contributed by atoms with Crippen LogP contribution in [0, 0.1) is 13.8 Å². The molecule has 0 spiro atoms. The average molecular weight is 362 g/mol. The number of rotatable bonds is 4. The van der Waals surface area contributed by atoms with Crippen LogP contribution in [-0.4, -0.2) is 22.7 Å². The highest BCUT2D eigenvalue weighted by atomic mass is 16.7. The quantitative estimate of drug-likeness (QED) is 0.734. The maximum absolute atomic E-state index is 12.4. The van der Waals surface area contributed by atoms with Gasteiger partial charge in [0.25, 0.3) is 5.91 Å². The van der Waals surface area contributed by atoms with E-state index in [9.17, 15) is 4.79 Å². The van der Waals surface area contributed by atoms with Gasteiger partial charge in [-0.1, -0.05) is 12.1 Å². The number of ether oxygens (including phenoxy) is 2. The molecular formula is C20H18N4O3. The summed E-state index contributed by atoms with van der Waals surface area (Å²) >= 11 is 0. The minimum atomic E-state index is -0.299. The number of anilines is 3. The van der Waals surface area contributed by atoms with Gasteiger partial charge in [-0.15, -0.1) is 0 Å². The van der Waals surface area contributed by atoms with Crippen LogP contribution >= 0.6 is 0 Å². The fraction of sp³-hybridized carbons (Fsp3) is 0.150. The molecule has 2 aromatic carbocycles. The largest absolute Gasteiger partial charge is 0.454 e. The first-order chi connectivity index (χ1) is 13.1. The number of hydrogen-bond donors (Lipinski definition) is 2. The van der Waals surface area contributed by atoms with Crippen LogP contribution in [0.15, 0.2) is 48.8 Å². The van der Waals surface area contributed by atoms with E-state index < -0.39 is 0 Å². The van der Waals surface area contributed by atoms with Crippen molar-refractivity contribution in [1.29, 1.82) is 0 Å². The second-order valence-corrected chi connectivity index (χ2v) is 6.19. The van der Waals surface area contributed by atoms with Gasteiger partial charge < -0.3 is 20.1 Å². The highest BCUT2D eigenvalue weighted by Crippen LogP contribution is 2.34. The second kappa shape index (κ2) is 6.95. The number of aromatic nitrogens is 2. The van der Waals surface area contributed by atoms with Crippen molar-refractivity contribution < 1.29 is 14.3 Å². The van der Waals surface area contributed by atoms with Crippen LogP contribution < -0.4 is 20.1 Å². The van der Waals surface area contributed by atoms with Crippen molar-refractivity contribution >= 4 is 23.2 Å². The third kappa shape index (κ3) is 3.52. The summed E-state index contributed by atoms with van der Waals surface area (Å²) < 4.78 is 10.6. The van der Waals surface area contributed by atoms with Crippen molar-refractivity contribution in [3.05, 3.63) is 65.5 Å². The summed E-state index contributed by atoms with van der Waals surface area (Å²) in [5.41, 5.74) is 4.22. The summed E-state index contributed by atoms with van der Waals surface area (Å²) in [5, 5.41) is 5.97. The van der Waals surface area contributed by atoms with Gasteiger partial charge in [0.15, 0.2) is 11.5 Å². The van der Waals surface area contributed by atoms with Crippen LogP contribution in [0.4, 0.5) is 17.3 Å². The minimum absolute atomic E-state index is 0.190. The molecule has 0 fully saturated rings. The molecule has 4 rings (SSSR count). The number of benzene rings is 2. The second-order valence-electron chi connectivity index (χ2n) is 6.19. The van der Waals surface area contributed by atoms with E-state index in [0.717, 1.165) is 11.3 Å². The molecule has 0 saturated carbocycles. The zero-order valence-corrected chi connectivity index (χ0v) is 14.9. The first-order valence-electron chi connectivity index (χ1n) is 8.46. The maximum atomic E-state index is 12.4. The lowest BCUT2D eigenvalue weighted by Crippen LogP contribution is -2.13. The Balaban J connectivity index is 1.45. The molecular weight excluding hydrogens is 344 g/mol. The Morgan fingerprint density at radius 2 is 1.81 bits per heavy atom. The molecule has 0 unspecified atom stereocenters. The van der Waals surface area contributed by atoms with E-state index in [4.69, 9.17) is 9.47 Å². The fourth-order valence-electron chi connectivity index (χ4n) is 2.69. The standard InChI is InChI=1S/C20H18N4O3/c1-12-4-3-5-16(13(12)2)24-20-21-9-14(10-22-20)19(25)23-15-6-7-17-18(8-15)27-11-26-17/h3-10H,11H2,1-2H3,(H,23,25)(H,21,22,24). The predicted molar refractivity (Wildman–Crippen MR) is 102 cm³/mol. The fourth-order valence-corrected chi connectivity index (χ4v) is 2.69. The average Bonchev–Trinajstić information content (AvgIpc) is 3.14. The van der Waals surface area contributed by atoms with Crippen molar-refractivity contribution in [3.63, 3.8) is 0 Å². The van der Waals surface area contributed by atoms with E-state index >= 15 is 0 Å². The van der Waals surface area contributed by atoms with Crippen LogP contribution in [0.2, 0.25) is 0 Å². The molecule has 1 amide bonds. The number of nitrogens with one attached hydrogen (secondary N) is 2. The van der Waals surface area contributed by atoms with Crippen molar-refractivity contribution in [2.45, 2.75) is 13.8 Å². The van der Waals surface area contributed by atoms with Gasteiger partial charge in [0.05, 0.1) is 5.56 Å². The van der Waals surface area contributed by atoms with Crippen LogP contribution in [0.1, 0.15) is 21.5 Å². The normalized spacial score (nSPS) is 11.9. The van der Waals surface area contributed by atoms with Crippen molar-refractivity contribution in [1.82, 2.24) is 9.97 Å². The molecule has 2 N–H and O–H groups in total. The summed E-state index contributed by atoms with van der Waals surface area (Å²) in [6.07, 6.45) is 2.98. The van der Waals surface area contributed by atoms with Crippen LogP contribution in [-0.2, 0) is 0 Å². The van der Waals surface area contributed by atoms with Gasteiger partial charge in [0.1, 0.15) is 0 Å². The zero-order valence-electron chi connectivity index (χ0n) is 14.9. The first kappa shape index (κ1) is 16.8. The first-order valence-corrected chi connectivity index (χ1v) is 8.46. The van der Waals surface area contributed by atoms with Gasteiger partial charge in [-0.2, -0.15) is 0 Å². The van der Waals surface area contributed by atoms with Gasteiger partial charge in [0.2, 0.25) is 12.7 Å². The lowest BCUT2D eigenvalue weighted by Gasteiger charge is -2.10. The Morgan fingerprint density at radius 3 is 2.63 bits per heavy atom. The predicted octanol–water partition coefficient (Wildman–Crippen LogP) is 3.82. The number of fused-ring (bicyclic) bond motifs is 1. The Hall–Kier alpha value is -3.61. The molecule has 7 nitrogen and oxygen atoms in total. The lowest BCUT2D eigenvalue weighted by molar-refractivity contribution is 0.102. The molecule has 1 aliphatic rings. The summed E-state index contributed by atoms with van der Waals surface area (Å²) in [6, 6.07) is 11.2. The number of carbonyl (C=O) groups is 1. The SMILES string of the molecule is Cc1cccc(Nc2ncc(C(=O)Nc3ccc4c(c3)OCO4)cn2)c1C. The van der Waals surface area contributed by atoms with Crippen LogP contribution in [0.25, 0.3) is 0 Å². The van der Waals surface area contributed by atoms with Gasteiger partial charge in [-0.3, -0.25) is 4.79 Å². The molecule has 0 saturated heterocycles. The zero-order chi connectivity index (χ0) is 18.8. The Bertz CT molecular complexity index is 1000. The Labute approximate surface area is 156 Å². The molecule has 0 radical (unpaired) electrons. The summed E-state index contributed by atoms with van der Waals surface area (Å²) in [4.78, 5) is 20.9. The van der Waals surface area contributed by atoms with E-state index in [-0.39, 0.29) is 12.7 Å². The highest BCUT2D eigenvalue weighted by molar-refractivity contribution is 6.04. The van der Waals surface area contributed by atoms with Crippen molar-refractivity contribution in [3.8, 4) is 11.5 Å². The number of hydrogen-bond acceptors (Lipinski definition) is 6. The van der Waals surface area contributed by atoms with Crippen molar-refractivity contribution in [2.24, 2.45) is 0 Å². The summed E-state index contributed by atoms with van der Waals surface area (Å²) in [5.74, 6) is 1.41. The molecule has 1 aromatic heterocycles. The topological polar surface area (TPSA) is 85.4 Å². The number of amides is 1. The van der Waals surface area contributed by atoms with Crippen LogP contribution in [0.3, 0.4) is 0 Å². The molecule has 0 aliphatic carbocycles. The van der Waals surface area contributed by atoms with Gasteiger partial charge >= 0.3 is 0 Å². The smallest absolute Gasteiger partial charge is 0.258 e. The third-order valence-corrected chi connectivity index (χ3v) is 4.40. The van der Waals surface area contributed by atoms with Crippen molar-refractivity contribution in [2.75, 3.05) is 17.4 Å². The van der Waals surface area contributed by atoms with E-state index in [1.165, 1.54) is 18.0 Å². The van der Waals surface area contributed by atoms with E-state index in [2.05, 4.69) is 20.6 Å². The van der Waals surface area contributed by atoms with Crippen LogP contribution in [0.5, 0.6) is 11.5 Å². The van der Waals surface area contributed by atoms with E-state index in [1.807, 2.05) is 32.0 Å². The van der Waals surface area contributed by atoms with E-state index in [0.29, 0.717) is 28.7 Å². The minimum Gasteiger partial charge on any atom is -0.454 e. The molecule has 136 valence electrons. The van der Waals surface area contributed by atoms with Gasteiger partial charge in [0, 0.05) is 29.8 Å². The Morgan fingerprint density at radius 1 is 1.04 bits per heavy atom. The molecule has 3 aromatic rings. The number of nitrogens with zero attached hydrogens (tertiary/aromatic N) is 2. The summed E-state index contributed by atoms with van der Waals surface area (Å²) in [7, 11) is 0. The third-order valence-electron chi connectivity index (χ3n) is 4.40. The number of carbonyl (C=O) groups excluding carboxylic acids is 1. The monoisotopic (exact) mass is 362 g/mol. The van der Waals surface area contributed by atoms with Gasteiger partial charge in [-0.05, 0) is 43.2 Å². The van der Waals surface area contributed by atoms with E-state index in [1.54, 1.807) is 18.2 Å². The molecule has 0 atom stereocenters. The highest BCUT2D eigenvalue weighted by Gasteiger charge is 2.15. The lowest BCUT2D eigenvalue weighted by atomic mass is 10.1. The summed E-state index contributed by atoms with van der Waals surface area (Å²) in [6.45, 7) is 4.27. The maximum Gasteiger partial charge on any atom is 0.258 e. The number of aryl methyl sites for hydroxylation is 1. The Kier molecular flexibility index (Phi) is 4.33. The molecule has 1 aliphatic heterocycles. The molecule has 2 heterocycles. The molecule has 7 heteroatoms. The molecule has 27 heavy (non-hydrogen) atoms. The van der Waals surface area contributed by atoms with Gasteiger partial charge in [-0.25, -0.2) is 9.97 Å². The molecule has 0 bridgehead atoms.